The van der Waals surface area contributed by atoms with Crippen molar-refractivity contribution in [2.75, 3.05) is 13.7 Å². The van der Waals surface area contributed by atoms with Crippen LogP contribution in [0.25, 0.3) is 16.7 Å². The first-order chi connectivity index (χ1) is 17.0. The zero-order valence-electron chi connectivity index (χ0n) is 19.1. The summed E-state index contributed by atoms with van der Waals surface area (Å²) in [4.78, 5) is 31.1. The molecule has 0 radical (unpaired) electrons. The van der Waals surface area contributed by atoms with E-state index < -0.39 is 17.7 Å². The molecule has 5 rings (SSSR count). The molecular weight excluding hydrogens is 444 g/mol. The molecule has 35 heavy (non-hydrogen) atoms. The number of rotatable bonds is 6. The van der Waals surface area contributed by atoms with Crippen molar-refractivity contribution >= 4 is 28.4 Å². The Hall–Kier alpha value is -4.52. The lowest BCUT2D eigenvalue weighted by Crippen LogP contribution is -2.31. The van der Waals surface area contributed by atoms with E-state index in [-0.39, 0.29) is 23.6 Å². The Morgan fingerprint density at radius 1 is 1.03 bits per heavy atom. The highest BCUT2D eigenvalue weighted by Gasteiger charge is 2.46. The van der Waals surface area contributed by atoms with Gasteiger partial charge in [-0.15, -0.1) is 0 Å². The van der Waals surface area contributed by atoms with Crippen molar-refractivity contribution in [3.63, 3.8) is 0 Å². The highest BCUT2D eigenvalue weighted by molar-refractivity contribution is 6.46. The summed E-state index contributed by atoms with van der Waals surface area (Å²) >= 11 is 0. The molecule has 1 aromatic heterocycles. The van der Waals surface area contributed by atoms with E-state index in [1.807, 2.05) is 30.5 Å². The van der Waals surface area contributed by atoms with E-state index in [9.17, 15) is 19.8 Å². The van der Waals surface area contributed by atoms with Gasteiger partial charge < -0.3 is 24.8 Å². The summed E-state index contributed by atoms with van der Waals surface area (Å²) in [7, 11) is 1.54. The summed E-state index contributed by atoms with van der Waals surface area (Å²) in [6.07, 6.45) is 2.41. The number of nitrogens with one attached hydrogen (secondary N) is 1. The minimum absolute atomic E-state index is 0.00849. The number of aliphatic hydroxyl groups is 1. The van der Waals surface area contributed by atoms with Gasteiger partial charge in [0.25, 0.3) is 11.7 Å². The highest BCUT2D eigenvalue weighted by Crippen LogP contribution is 2.40. The van der Waals surface area contributed by atoms with E-state index in [1.54, 1.807) is 36.4 Å². The van der Waals surface area contributed by atoms with E-state index in [2.05, 4.69) is 4.98 Å². The molecule has 0 unspecified atom stereocenters. The predicted octanol–water partition coefficient (Wildman–Crippen LogP) is 4.55. The summed E-state index contributed by atoms with van der Waals surface area (Å²) in [6, 6.07) is 20.1. The summed E-state index contributed by atoms with van der Waals surface area (Å²) in [5.41, 5.74) is 2.94. The van der Waals surface area contributed by atoms with Crippen molar-refractivity contribution in [2.45, 2.75) is 12.5 Å². The number of para-hydroxylation sites is 1. The number of fused-ring (bicyclic) bond motifs is 1. The minimum atomic E-state index is -0.839. The van der Waals surface area contributed by atoms with E-state index in [0.717, 1.165) is 16.5 Å². The largest absolute Gasteiger partial charge is 0.508 e. The second kappa shape index (κ2) is 9.02. The maximum atomic E-state index is 13.2. The monoisotopic (exact) mass is 468 g/mol. The fourth-order valence-corrected chi connectivity index (χ4v) is 4.64. The number of methoxy groups -OCH3 is 1. The molecule has 4 aromatic rings. The van der Waals surface area contributed by atoms with Gasteiger partial charge in [-0.05, 0) is 60.0 Å². The first-order valence-electron chi connectivity index (χ1n) is 11.2. The van der Waals surface area contributed by atoms with Gasteiger partial charge in [-0.1, -0.05) is 30.3 Å². The number of carbonyl (C=O) groups excluding carboxylic acids is 2. The number of Topliss-reactive ketones (excluding diaryl/α,β-unsaturated/α-hetero) is 1. The number of carbonyl (C=O) groups is 2. The van der Waals surface area contributed by atoms with E-state index >= 15 is 0 Å². The van der Waals surface area contributed by atoms with Gasteiger partial charge in [0.15, 0.2) is 0 Å². The number of aromatic hydroxyl groups is 1. The highest BCUT2D eigenvalue weighted by atomic mass is 16.5. The number of H-pyrrole nitrogens is 1. The molecule has 3 N–H and O–H groups in total. The molecule has 2 heterocycles. The molecule has 1 amide bonds. The molecule has 3 aromatic carbocycles. The second-order valence-corrected chi connectivity index (χ2v) is 8.43. The van der Waals surface area contributed by atoms with Gasteiger partial charge >= 0.3 is 0 Å². The molecule has 1 aliphatic rings. The Bertz CT molecular complexity index is 1450. The molecule has 176 valence electrons. The number of amides is 1. The van der Waals surface area contributed by atoms with Crippen LogP contribution in [0.4, 0.5) is 0 Å². The zero-order chi connectivity index (χ0) is 24.5. The number of aliphatic hydroxyl groups excluding tert-OH is 1. The van der Waals surface area contributed by atoms with Crippen molar-refractivity contribution in [3.05, 3.63) is 101 Å². The van der Waals surface area contributed by atoms with Gasteiger partial charge in [0.05, 0.1) is 18.7 Å². The zero-order valence-corrected chi connectivity index (χ0v) is 19.1. The number of nitrogens with zero attached hydrogens (tertiary/aromatic N) is 1. The van der Waals surface area contributed by atoms with E-state index in [0.29, 0.717) is 23.3 Å². The second-order valence-electron chi connectivity index (χ2n) is 8.43. The van der Waals surface area contributed by atoms with Gasteiger partial charge in [0.2, 0.25) is 0 Å². The van der Waals surface area contributed by atoms with Crippen molar-refractivity contribution in [1.29, 1.82) is 0 Å². The van der Waals surface area contributed by atoms with E-state index in [1.165, 1.54) is 24.1 Å². The van der Waals surface area contributed by atoms with Crippen LogP contribution in [-0.2, 0) is 16.0 Å². The molecule has 1 saturated heterocycles. The van der Waals surface area contributed by atoms with Crippen LogP contribution >= 0.6 is 0 Å². The summed E-state index contributed by atoms with van der Waals surface area (Å²) < 4.78 is 5.17. The standard InChI is InChI=1S/C28H24N2O5/c1-35-21-11-9-17(10-12-21)26(32)24-25(18-5-4-6-20(31)15-18)30(28(34)27(24)33)14-13-19-16-29-23-8-3-2-7-22(19)23/h2-12,15-16,25,29,31-32H,13-14H2,1H3/t25-/m1/s1. The van der Waals surface area contributed by atoms with Crippen LogP contribution in [0.15, 0.2) is 84.6 Å². The van der Waals surface area contributed by atoms with Crippen molar-refractivity contribution in [3.8, 4) is 11.5 Å². The molecule has 0 spiro atoms. The van der Waals surface area contributed by atoms with Gasteiger partial charge in [-0.2, -0.15) is 0 Å². The molecule has 0 aliphatic carbocycles. The van der Waals surface area contributed by atoms with Crippen molar-refractivity contribution in [1.82, 2.24) is 9.88 Å². The number of hydrogen-bond donors (Lipinski definition) is 3. The number of phenolic OH excluding ortho intramolecular Hbond substituents is 1. The topological polar surface area (TPSA) is 103 Å². The van der Waals surface area contributed by atoms with Gasteiger partial charge in [0, 0.05) is 29.2 Å². The van der Waals surface area contributed by atoms with Gasteiger partial charge in [-0.3, -0.25) is 9.59 Å². The average Bonchev–Trinajstić information content (AvgIpc) is 3.40. The Labute approximate surface area is 201 Å². The summed E-state index contributed by atoms with van der Waals surface area (Å²) in [6.45, 7) is 0.256. The van der Waals surface area contributed by atoms with Gasteiger partial charge in [-0.25, -0.2) is 0 Å². The van der Waals surface area contributed by atoms with Crippen LogP contribution in [0, 0.1) is 0 Å². The molecule has 0 bridgehead atoms. The number of likely N-dealkylation sites (tertiary alicyclic amines) is 1. The van der Waals surface area contributed by atoms with Crippen molar-refractivity contribution < 1.29 is 24.5 Å². The minimum Gasteiger partial charge on any atom is -0.508 e. The summed E-state index contributed by atoms with van der Waals surface area (Å²) in [5, 5.41) is 22.3. The van der Waals surface area contributed by atoms with Crippen LogP contribution in [0.3, 0.4) is 0 Å². The van der Waals surface area contributed by atoms with Crippen LogP contribution in [0.1, 0.15) is 22.7 Å². The third kappa shape index (κ3) is 4.01. The maximum absolute atomic E-state index is 13.2. The van der Waals surface area contributed by atoms with E-state index in [4.69, 9.17) is 4.74 Å². The van der Waals surface area contributed by atoms with Crippen LogP contribution < -0.4 is 4.74 Å². The number of benzene rings is 3. The van der Waals surface area contributed by atoms with Crippen LogP contribution in [0.5, 0.6) is 11.5 Å². The molecular formula is C28H24N2O5. The fraction of sp³-hybridized carbons (Fsp3) is 0.143. The number of hydrogen-bond acceptors (Lipinski definition) is 5. The Kier molecular flexibility index (Phi) is 5.74. The fourth-order valence-electron chi connectivity index (χ4n) is 4.64. The van der Waals surface area contributed by atoms with Crippen LogP contribution in [0.2, 0.25) is 0 Å². The lowest BCUT2D eigenvalue weighted by Gasteiger charge is -2.25. The lowest BCUT2D eigenvalue weighted by molar-refractivity contribution is -0.139. The third-order valence-electron chi connectivity index (χ3n) is 6.39. The molecule has 7 nitrogen and oxygen atoms in total. The number of aromatic amines is 1. The summed E-state index contributed by atoms with van der Waals surface area (Å²) in [5.74, 6) is -1.10. The number of ketones is 1. The average molecular weight is 469 g/mol. The molecule has 1 aliphatic heterocycles. The Morgan fingerprint density at radius 3 is 2.54 bits per heavy atom. The predicted molar refractivity (Wildman–Crippen MR) is 132 cm³/mol. The number of ether oxygens (including phenoxy) is 1. The Balaban J connectivity index is 1.56. The first kappa shape index (κ1) is 22.3. The molecule has 7 heteroatoms. The van der Waals surface area contributed by atoms with Gasteiger partial charge in [0.1, 0.15) is 17.3 Å². The third-order valence-corrected chi connectivity index (χ3v) is 6.39. The smallest absolute Gasteiger partial charge is 0.295 e. The van der Waals surface area contributed by atoms with Crippen LogP contribution in [-0.4, -0.2) is 45.4 Å². The lowest BCUT2D eigenvalue weighted by atomic mass is 9.95. The normalized spacial score (nSPS) is 17.3. The maximum Gasteiger partial charge on any atom is 0.295 e. The van der Waals surface area contributed by atoms with Crippen molar-refractivity contribution in [2.24, 2.45) is 0 Å². The Morgan fingerprint density at radius 2 is 1.80 bits per heavy atom. The number of aromatic nitrogens is 1. The first-order valence-corrected chi connectivity index (χ1v) is 11.2. The quantitative estimate of drug-likeness (QED) is 0.219. The number of phenols is 1. The SMILES string of the molecule is COc1ccc(C(O)=C2C(=O)C(=O)N(CCc3c[nH]c4ccccc34)[C@@H]2c2cccc(O)c2)cc1. The molecule has 1 atom stereocenters. The molecule has 0 saturated carbocycles. The molecule has 1 fully saturated rings.